The zero-order valence-corrected chi connectivity index (χ0v) is 9.07. The van der Waals surface area contributed by atoms with Crippen LogP contribution in [0.1, 0.15) is 24.4 Å². The standard InChI is InChI=1S/C11H12FN3O/c1-6-5-8(12)3-4-9(6)10-14-11(7(2)13)16-15-10/h3-5,7H,13H2,1-2H3. The van der Waals surface area contributed by atoms with Crippen LogP contribution in [-0.2, 0) is 0 Å². The largest absolute Gasteiger partial charge is 0.337 e. The molecule has 2 aromatic rings. The maximum atomic E-state index is 12.9. The van der Waals surface area contributed by atoms with E-state index in [1.54, 1.807) is 19.9 Å². The number of hydrogen-bond donors (Lipinski definition) is 1. The van der Waals surface area contributed by atoms with Gasteiger partial charge in [-0.3, -0.25) is 0 Å². The SMILES string of the molecule is Cc1cc(F)ccc1-c1noc(C(C)N)n1. The summed E-state index contributed by atoms with van der Waals surface area (Å²) in [5, 5.41) is 3.81. The number of halogens is 1. The van der Waals surface area contributed by atoms with Gasteiger partial charge in [-0.15, -0.1) is 0 Å². The summed E-state index contributed by atoms with van der Waals surface area (Å²) in [5.74, 6) is 0.528. The van der Waals surface area contributed by atoms with E-state index in [2.05, 4.69) is 10.1 Å². The minimum absolute atomic E-state index is 0.280. The average Bonchev–Trinajstić information content (AvgIpc) is 2.66. The van der Waals surface area contributed by atoms with Gasteiger partial charge in [0.15, 0.2) is 0 Å². The monoisotopic (exact) mass is 221 g/mol. The molecule has 0 bridgehead atoms. The van der Waals surface area contributed by atoms with Crippen molar-refractivity contribution in [2.75, 3.05) is 0 Å². The van der Waals surface area contributed by atoms with Gasteiger partial charge in [-0.2, -0.15) is 4.98 Å². The van der Waals surface area contributed by atoms with Crippen molar-refractivity contribution in [2.24, 2.45) is 5.73 Å². The first-order valence-electron chi connectivity index (χ1n) is 4.93. The Morgan fingerprint density at radius 2 is 2.19 bits per heavy atom. The molecule has 0 aliphatic heterocycles. The van der Waals surface area contributed by atoms with Crippen molar-refractivity contribution in [1.82, 2.24) is 10.1 Å². The van der Waals surface area contributed by atoms with E-state index in [0.29, 0.717) is 11.7 Å². The van der Waals surface area contributed by atoms with Crippen molar-refractivity contribution in [2.45, 2.75) is 19.9 Å². The first-order chi connectivity index (χ1) is 7.58. The number of aromatic nitrogens is 2. The van der Waals surface area contributed by atoms with Gasteiger partial charge in [-0.1, -0.05) is 5.16 Å². The van der Waals surface area contributed by atoms with Gasteiger partial charge in [-0.05, 0) is 37.6 Å². The van der Waals surface area contributed by atoms with Gasteiger partial charge < -0.3 is 10.3 Å². The summed E-state index contributed by atoms with van der Waals surface area (Å²) < 4.78 is 17.9. The van der Waals surface area contributed by atoms with Gasteiger partial charge in [0.1, 0.15) is 5.82 Å². The molecule has 1 aromatic carbocycles. The van der Waals surface area contributed by atoms with E-state index in [-0.39, 0.29) is 11.9 Å². The Labute approximate surface area is 92.3 Å². The number of hydrogen-bond acceptors (Lipinski definition) is 4. The lowest BCUT2D eigenvalue weighted by Crippen LogP contribution is -2.04. The second-order valence-electron chi connectivity index (χ2n) is 3.70. The van der Waals surface area contributed by atoms with Crippen LogP contribution in [0, 0.1) is 12.7 Å². The van der Waals surface area contributed by atoms with Crippen LogP contribution in [0.2, 0.25) is 0 Å². The molecule has 84 valence electrons. The first-order valence-corrected chi connectivity index (χ1v) is 4.93. The predicted octanol–water partition coefficient (Wildman–Crippen LogP) is 2.20. The van der Waals surface area contributed by atoms with Crippen LogP contribution in [0.5, 0.6) is 0 Å². The number of nitrogens with two attached hydrogens (primary N) is 1. The van der Waals surface area contributed by atoms with Gasteiger partial charge in [-0.25, -0.2) is 4.39 Å². The molecule has 1 heterocycles. The second kappa shape index (κ2) is 4.02. The smallest absolute Gasteiger partial charge is 0.243 e. The lowest BCUT2D eigenvalue weighted by Gasteiger charge is -1.99. The van der Waals surface area contributed by atoms with Crippen LogP contribution < -0.4 is 5.73 Å². The summed E-state index contributed by atoms with van der Waals surface area (Å²) in [6.07, 6.45) is 0. The molecule has 1 aromatic heterocycles. The zero-order valence-electron chi connectivity index (χ0n) is 9.07. The quantitative estimate of drug-likeness (QED) is 0.844. The molecule has 1 unspecified atom stereocenters. The third kappa shape index (κ3) is 1.94. The molecule has 1 atom stereocenters. The van der Waals surface area contributed by atoms with Crippen LogP contribution in [-0.4, -0.2) is 10.1 Å². The molecule has 0 fully saturated rings. The molecule has 0 saturated heterocycles. The summed E-state index contributed by atoms with van der Waals surface area (Å²) in [4.78, 5) is 4.15. The normalized spacial score (nSPS) is 12.8. The highest BCUT2D eigenvalue weighted by molar-refractivity contribution is 5.59. The third-order valence-electron chi connectivity index (χ3n) is 2.26. The summed E-state index contributed by atoms with van der Waals surface area (Å²) in [6, 6.07) is 4.11. The lowest BCUT2D eigenvalue weighted by molar-refractivity contribution is 0.362. The Kier molecular flexibility index (Phi) is 2.70. The Bertz CT molecular complexity index is 508. The Morgan fingerprint density at radius 1 is 1.44 bits per heavy atom. The molecular weight excluding hydrogens is 209 g/mol. The van der Waals surface area contributed by atoms with E-state index in [1.807, 2.05) is 0 Å². The fourth-order valence-electron chi connectivity index (χ4n) is 1.41. The fourth-order valence-corrected chi connectivity index (χ4v) is 1.41. The van der Waals surface area contributed by atoms with Crippen molar-refractivity contribution in [3.05, 3.63) is 35.5 Å². The minimum Gasteiger partial charge on any atom is -0.337 e. The molecule has 0 saturated carbocycles. The second-order valence-corrected chi connectivity index (χ2v) is 3.70. The van der Waals surface area contributed by atoms with Gasteiger partial charge in [0.05, 0.1) is 6.04 Å². The van der Waals surface area contributed by atoms with Crippen LogP contribution in [0.4, 0.5) is 4.39 Å². The van der Waals surface area contributed by atoms with Crippen LogP contribution in [0.15, 0.2) is 22.7 Å². The van der Waals surface area contributed by atoms with E-state index in [9.17, 15) is 4.39 Å². The number of nitrogens with zero attached hydrogens (tertiary/aromatic N) is 2. The molecule has 2 N–H and O–H groups in total. The summed E-state index contributed by atoms with van der Waals surface area (Å²) >= 11 is 0. The topological polar surface area (TPSA) is 64.9 Å². The van der Waals surface area contributed by atoms with E-state index in [4.69, 9.17) is 10.3 Å². The predicted molar refractivity (Wildman–Crippen MR) is 57.0 cm³/mol. The summed E-state index contributed by atoms with van der Waals surface area (Å²) in [6.45, 7) is 3.55. The number of benzene rings is 1. The maximum absolute atomic E-state index is 12.9. The highest BCUT2D eigenvalue weighted by Gasteiger charge is 2.13. The Morgan fingerprint density at radius 3 is 2.75 bits per heavy atom. The molecule has 0 aliphatic rings. The molecule has 0 radical (unpaired) electrons. The van der Waals surface area contributed by atoms with E-state index < -0.39 is 0 Å². The van der Waals surface area contributed by atoms with Gasteiger partial charge in [0.2, 0.25) is 11.7 Å². The fraction of sp³-hybridized carbons (Fsp3) is 0.273. The highest BCUT2D eigenvalue weighted by atomic mass is 19.1. The molecule has 2 rings (SSSR count). The first kappa shape index (κ1) is 10.8. The third-order valence-corrected chi connectivity index (χ3v) is 2.26. The van der Waals surface area contributed by atoms with Crippen LogP contribution >= 0.6 is 0 Å². The van der Waals surface area contributed by atoms with Gasteiger partial charge >= 0.3 is 0 Å². The average molecular weight is 221 g/mol. The van der Waals surface area contributed by atoms with Crippen molar-refractivity contribution in [1.29, 1.82) is 0 Å². The molecule has 5 heteroatoms. The van der Waals surface area contributed by atoms with E-state index in [1.165, 1.54) is 12.1 Å². The van der Waals surface area contributed by atoms with Gasteiger partial charge in [0, 0.05) is 5.56 Å². The Hall–Kier alpha value is -1.75. The lowest BCUT2D eigenvalue weighted by atomic mass is 10.1. The zero-order chi connectivity index (χ0) is 11.7. The van der Waals surface area contributed by atoms with E-state index in [0.717, 1.165) is 11.1 Å². The molecule has 0 amide bonds. The van der Waals surface area contributed by atoms with Crippen molar-refractivity contribution >= 4 is 0 Å². The van der Waals surface area contributed by atoms with Crippen LogP contribution in [0.3, 0.4) is 0 Å². The van der Waals surface area contributed by atoms with E-state index >= 15 is 0 Å². The maximum Gasteiger partial charge on any atom is 0.243 e. The molecule has 0 aliphatic carbocycles. The number of aryl methyl sites for hydroxylation is 1. The summed E-state index contributed by atoms with van der Waals surface area (Å²) in [5.41, 5.74) is 7.12. The van der Waals surface area contributed by atoms with Crippen LogP contribution in [0.25, 0.3) is 11.4 Å². The van der Waals surface area contributed by atoms with Crippen molar-refractivity contribution in [3.8, 4) is 11.4 Å². The Balaban J connectivity index is 2.42. The molecule has 0 spiro atoms. The number of rotatable bonds is 2. The minimum atomic E-state index is -0.304. The van der Waals surface area contributed by atoms with Crippen molar-refractivity contribution in [3.63, 3.8) is 0 Å². The molecule has 4 nitrogen and oxygen atoms in total. The molecule has 16 heavy (non-hydrogen) atoms. The molecular formula is C11H12FN3O. The summed E-state index contributed by atoms with van der Waals surface area (Å²) in [7, 11) is 0. The van der Waals surface area contributed by atoms with Crippen molar-refractivity contribution < 1.29 is 8.91 Å². The highest BCUT2D eigenvalue weighted by Crippen LogP contribution is 2.22. The van der Waals surface area contributed by atoms with Gasteiger partial charge in [0.25, 0.3) is 0 Å².